The second kappa shape index (κ2) is 9.72. The van der Waals surface area contributed by atoms with Crippen LogP contribution in [0.2, 0.25) is 0 Å². The van der Waals surface area contributed by atoms with Gasteiger partial charge in [0.2, 0.25) is 11.8 Å². The molecule has 0 aliphatic rings. The summed E-state index contributed by atoms with van der Waals surface area (Å²) in [5.41, 5.74) is 2.59. The van der Waals surface area contributed by atoms with Gasteiger partial charge in [-0.1, -0.05) is 25.1 Å². The van der Waals surface area contributed by atoms with Gasteiger partial charge in [0.25, 0.3) is 0 Å². The molecule has 0 aliphatic heterocycles. The lowest BCUT2D eigenvalue weighted by Crippen LogP contribution is -2.40. The zero-order valence-electron chi connectivity index (χ0n) is 14.9. The molecule has 2 amide bonds. The largest absolute Gasteiger partial charge is 0.495 e. The summed E-state index contributed by atoms with van der Waals surface area (Å²) < 4.78 is 5.21. The fourth-order valence-corrected chi connectivity index (χ4v) is 2.21. The van der Waals surface area contributed by atoms with Crippen LogP contribution in [0.15, 0.2) is 30.4 Å². The van der Waals surface area contributed by atoms with Gasteiger partial charge in [0.15, 0.2) is 0 Å². The van der Waals surface area contributed by atoms with Gasteiger partial charge >= 0.3 is 0 Å². The van der Waals surface area contributed by atoms with Crippen molar-refractivity contribution < 1.29 is 14.3 Å². The van der Waals surface area contributed by atoms with Gasteiger partial charge < -0.3 is 15.4 Å². The van der Waals surface area contributed by atoms with E-state index < -0.39 is 0 Å². The second-order valence-electron chi connectivity index (χ2n) is 5.79. The third kappa shape index (κ3) is 6.83. The molecule has 2 N–H and O–H groups in total. The maximum atomic E-state index is 12.0. The monoisotopic (exact) mass is 333 g/mol. The fourth-order valence-electron chi connectivity index (χ4n) is 2.21. The highest BCUT2D eigenvalue weighted by atomic mass is 16.5. The van der Waals surface area contributed by atoms with Crippen LogP contribution >= 0.6 is 0 Å². The zero-order chi connectivity index (χ0) is 18.1. The summed E-state index contributed by atoms with van der Waals surface area (Å²) >= 11 is 0. The van der Waals surface area contributed by atoms with Gasteiger partial charge in [-0.15, -0.1) is 0 Å². The van der Waals surface area contributed by atoms with Crippen LogP contribution in [0.3, 0.4) is 0 Å². The Morgan fingerprint density at radius 1 is 1.25 bits per heavy atom. The normalized spacial score (nSPS) is 10.4. The van der Waals surface area contributed by atoms with E-state index in [1.165, 1.54) is 0 Å². The molecule has 1 aromatic carbocycles. The van der Waals surface area contributed by atoms with Crippen molar-refractivity contribution in [2.75, 3.05) is 38.6 Å². The molecule has 1 rings (SSSR count). The van der Waals surface area contributed by atoms with Crippen LogP contribution in [-0.4, -0.2) is 50.0 Å². The summed E-state index contributed by atoms with van der Waals surface area (Å²) in [6.45, 7) is 11.2. The fraction of sp³-hybridized carbons (Fsp3) is 0.444. The van der Waals surface area contributed by atoms with E-state index in [0.29, 0.717) is 18.0 Å². The molecule has 0 heterocycles. The number of likely N-dealkylation sites (N-methyl/N-ethyl adjacent to an activating group) is 1. The molecule has 0 aliphatic carbocycles. The minimum atomic E-state index is -0.296. The molecule has 132 valence electrons. The maximum Gasteiger partial charge on any atom is 0.243 e. The topological polar surface area (TPSA) is 70.7 Å². The predicted octanol–water partition coefficient (Wildman–Crippen LogP) is 1.96. The molecular formula is C18H27N3O3. The van der Waals surface area contributed by atoms with Gasteiger partial charge in [-0.25, -0.2) is 0 Å². The van der Waals surface area contributed by atoms with Crippen LogP contribution in [0.5, 0.6) is 5.75 Å². The number of hydrogen-bond donors (Lipinski definition) is 2. The standard InChI is InChI=1S/C18H27N3O3/c1-6-21(11-13(2)3)12-18(23)19-10-17(22)20-15-9-14(4)7-8-16(15)24-5/h7-9H,2,6,10-12H2,1,3-5H3,(H,19,23)(H,20,22). The molecule has 0 saturated carbocycles. The molecule has 0 unspecified atom stereocenters. The quantitative estimate of drug-likeness (QED) is 0.678. The lowest BCUT2D eigenvalue weighted by atomic mass is 10.2. The Balaban J connectivity index is 2.50. The van der Waals surface area contributed by atoms with Crippen molar-refractivity contribution in [3.05, 3.63) is 35.9 Å². The highest BCUT2D eigenvalue weighted by Crippen LogP contribution is 2.24. The third-order valence-electron chi connectivity index (χ3n) is 3.38. The number of amides is 2. The van der Waals surface area contributed by atoms with Crippen molar-refractivity contribution in [3.8, 4) is 5.75 Å². The summed E-state index contributed by atoms with van der Waals surface area (Å²) in [5, 5.41) is 5.38. The first-order valence-electron chi connectivity index (χ1n) is 7.93. The summed E-state index contributed by atoms with van der Waals surface area (Å²) in [7, 11) is 1.54. The number of carbonyl (C=O) groups is 2. The number of hydrogen-bond acceptors (Lipinski definition) is 4. The molecule has 0 atom stereocenters. The van der Waals surface area contributed by atoms with E-state index in [-0.39, 0.29) is 24.9 Å². The van der Waals surface area contributed by atoms with Gasteiger partial charge in [0.1, 0.15) is 5.75 Å². The molecule has 24 heavy (non-hydrogen) atoms. The van der Waals surface area contributed by atoms with E-state index in [1.807, 2.05) is 37.8 Å². The Kier molecular flexibility index (Phi) is 7.98. The molecule has 1 aromatic rings. The summed E-state index contributed by atoms with van der Waals surface area (Å²) in [4.78, 5) is 25.9. The number of carbonyl (C=O) groups excluding carboxylic acids is 2. The first kappa shape index (κ1) is 19.7. The Hall–Kier alpha value is -2.34. The van der Waals surface area contributed by atoms with Crippen molar-refractivity contribution >= 4 is 17.5 Å². The van der Waals surface area contributed by atoms with E-state index in [1.54, 1.807) is 13.2 Å². The lowest BCUT2D eigenvalue weighted by molar-refractivity contribution is -0.124. The Morgan fingerprint density at radius 2 is 1.96 bits per heavy atom. The Labute approximate surface area is 143 Å². The van der Waals surface area contributed by atoms with Crippen LogP contribution in [0.4, 0.5) is 5.69 Å². The van der Waals surface area contributed by atoms with Crippen molar-refractivity contribution in [2.45, 2.75) is 20.8 Å². The number of anilines is 1. The van der Waals surface area contributed by atoms with Crippen molar-refractivity contribution in [1.82, 2.24) is 10.2 Å². The molecule has 0 spiro atoms. The van der Waals surface area contributed by atoms with Crippen LogP contribution in [-0.2, 0) is 9.59 Å². The molecule has 0 saturated heterocycles. The zero-order valence-corrected chi connectivity index (χ0v) is 14.9. The highest BCUT2D eigenvalue weighted by Gasteiger charge is 2.12. The lowest BCUT2D eigenvalue weighted by Gasteiger charge is -2.19. The molecular weight excluding hydrogens is 306 g/mol. The average Bonchev–Trinajstić information content (AvgIpc) is 2.52. The Bertz CT molecular complexity index is 599. The minimum absolute atomic E-state index is 0.0828. The number of ether oxygens (including phenoxy) is 1. The van der Waals surface area contributed by atoms with Crippen molar-refractivity contribution in [3.63, 3.8) is 0 Å². The van der Waals surface area contributed by atoms with E-state index >= 15 is 0 Å². The van der Waals surface area contributed by atoms with E-state index in [0.717, 1.165) is 17.7 Å². The number of aryl methyl sites for hydroxylation is 1. The molecule has 6 nitrogen and oxygen atoms in total. The number of nitrogens with one attached hydrogen (secondary N) is 2. The molecule has 0 aromatic heterocycles. The number of nitrogens with zero attached hydrogens (tertiary/aromatic N) is 1. The van der Waals surface area contributed by atoms with Crippen molar-refractivity contribution in [2.24, 2.45) is 0 Å². The average molecular weight is 333 g/mol. The predicted molar refractivity (Wildman–Crippen MR) is 96.3 cm³/mol. The molecule has 6 heteroatoms. The second-order valence-corrected chi connectivity index (χ2v) is 5.79. The summed E-state index contributed by atoms with van der Waals surface area (Å²) in [6.07, 6.45) is 0. The Morgan fingerprint density at radius 3 is 2.54 bits per heavy atom. The number of rotatable bonds is 9. The molecule has 0 fully saturated rings. The van der Waals surface area contributed by atoms with Gasteiger partial charge in [0.05, 0.1) is 25.9 Å². The van der Waals surface area contributed by atoms with Crippen LogP contribution in [0, 0.1) is 6.92 Å². The summed E-state index contributed by atoms with van der Waals surface area (Å²) in [5.74, 6) is 0.0959. The first-order valence-corrected chi connectivity index (χ1v) is 7.93. The minimum Gasteiger partial charge on any atom is -0.495 e. The third-order valence-corrected chi connectivity index (χ3v) is 3.38. The van der Waals surface area contributed by atoms with E-state index in [4.69, 9.17) is 4.74 Å². The van der Waals surface area contributed by atoms with Crippen LogP contribution < -0.4 is 15.4 Å². The van der Waals surface area contributed by atoms with Crippen molar-refractivity contribution in [1.29, 1.82) is 0 Å². The van der Waals surface area contributed by atoms with Crippen LogP contribution in [0.25, 0.3) is 0 Å². The molecule has 0 radical (unpaired) electrons. The number of benzene rings is 1. The van der Waals surface area contributed by atoms with Gasteiger partial charge in [-0.2, -0.15) is 0 Å². The SMILES string of the molecule is C=C(C)CN(CC)CC(=O)NCC(=O)Nc1cc(C)ccc1OC. The summed E-state index contributed by atoms with van der Waals surface area (Å²) in [6, 6.07) is 5.52. The van der Waals surface area contributed by atoms with E-state index in [9.17, 15) is 9.59 Å². The van der Waals surface area contributed by atoms with Gasteiger partial charge in [-0.3, -0.25) is 14.5 Å². The number of methoxy groups -OCH3 is 1. The van der Waals surface area contributed by atoms with Crippen LogP contribution in [0.1, 0.15) is 19.4 Å². The smallest absolute Gasteiger partial charge is 0.243 e. The van der Waals surface area contributed by atoms with E-state index in [2.05, 4.69) is 17.2 Å². The van der Waals surface area contributed by atoms with Gasteiger partial charge in [-0.05, 0) is 38.1 Å². The molecule has 0 bridgehead atoms. The maximum absolute atomic E-state index is 12.0. The van der Waals surface area contributed by atoms with Gasteiger partial charge in [0, 0.05) is 6.54 Å². The highest BCUT2D eigenvalue weighted by molar-refractivity contribution is 5.96. The first-order chi connectivity index (χ1) is 11.3.